The highest BCUT2D eigenvalue weighted by molar-refractivity contribution is 5.93. The smallest absolute Gasteiger partial charge is 0.243 e. The van der Waals surface area contributed by atoms with Crippen LogP contribution in [0.3, 0.4) is 0 Å². The SMILES string of the molecule is CCC(C)Oc1cccc(NC(=O)CNc2ccc(OCCOc3ccccc3)cc2)c1. The Kier molecular flexibility index (Phi) is 8.80. The molecule has 2 N–H and O–H groups in total. The van der Waals surface area contributed by atoms with Crippen LogP contribution in [0.15, 0.2) is 78.9 Å². The molecule has 0 aromatic heterocycles. The van der Waals surface area contributed by atoms with Crippen molar-refractivity contribution in [3.05, 3.63) is 78.9 Å². The molecule has 0 fully saturated rings. The first kappa shape index (κ1) is 23.0. The molecule has 3 rings (SSSR count). The van der Waals surface area contributed by atoms with Gasteiger partial charge < -0.3 is 24.8 Å². The minimum absolute atomic E-state index is 0.131. The Morgan fingerprint density at radius 3 is 2.16 bits per heavy atom. The van der Waals surface area contributed by atoms with E-state index in [0.29, 0.717) is 18.9 Å². The van der Waals surface area contributed by atoms with Crippen molar-refractivity contribution in [3.63, 3.8) is 0 Å². The maximum atomic E-state index is 12.3. The third-order valence-corrected chi connectivity index (χ3v) is 4.70. The summed E-state index contributed by atoms with van der Waals surface area (Å²) in [7, 11) is 0. The lowest BCUT2D eigenvalue weighted by atomic mass is 10.2. The molecule has 0 aliphatic rings. The summed E-state index contributed by atoms with van der Waals surface area (Å²) in [4.78, 5) is 12.3. The molecule has 0 spiro atoms. The van der Waals surface area contributed by atoms with Gasteiger partial charge in [-0.2, -0.15) is 0 Å². The monoisotopic (exact) mass is 434 g/mol. The van der Waals surface area contributed by atoms with E-state index in [1.54, 1.807) is 0 Å². The molecule has 0 saturated heterocycles. The summed E-state index contributed by atoms with van der Waals surface area (Å²) in [5.74, 6) is 2.18. The lowest BCUT2D eigenvalue weighted by Crippen LogP contribution is -2.21. The Morgan fingerprint density at radius 2 is 1.47 bits per heavy atom. The van der Waals surface area contributed by atoms with Crippen molar-refractivity contribution in [1.29, 1.82) is 0 Å². The molecule has 0 aliphatic heterocycles. The largest absolute Gasteiger partial charge is 0.491 e. The number of rotatable bonds is 12. The van der Waals surface area contributed by atoms with E-state index in [2.05, 4.69) is 17.6 Å². The van der Waals surface area contributed by atoms with E-state index < -0.39 is 0 Å². The molecule has 0 heterocycles. The van der Waals surface area contributed by atoms with E-state index in [9.17, 15) is 4.79 Å². The van der Waals surface area contributed by atoms with Crippen molar-refractivity contribution in [2.75, 3.05) is 30.4 Å². The molecule has 0 aliphatic carbocycles. The first-order valence-electron chi connectivity index (χ1n) is 10.8. The van der Waals surface area contributed by atoms with Gasteiger partial charge in [0.1, 0.15) is 30.5 Å². The van der Waals surface area contributed by atoms with Gasteiger partial charge in [0.2, 0.25) is 5.91 Å². The highest BCUT2D eigenvalue weighted by Gasteiger charge is 2.06. The van der Waals surface area contributed by atoms with Crippen LogP contribution in [0.2, 0.25) is 0 Å². The fraction of sp³-hybridized carbons (Fsp3) is 0.269. The van der Waals surface area contributed by atoms with Crippen LogP contribution in [-0.4, -0.2) is 31.8 Å². The van der Waals surface area contributed by atoms with E-state index in [0.717, 1.165) is 29.4 Å². The Hall–Kier alpha value is -3.67. The van der Waals surface area contributed by atoms with Gasteiger partial charge in [-0.1, -0.05) is 31.2 Å². The number of ether oxygens (including phenoxy) is 3. The molecule has 3 aromatic carbocycles. The standard InChI is InChI=1S/C26H30N2O4/c1-3-20(2)32-25-11-7-8-22(18-25)28-26(29)19-27-21-12-14-24(15-13-21)31-17-16-30-23-9-5-4-6-10-23/h4-15,18,20,27H,3,16-17,19H2,1-2H3,(H,28,29). The number of hydrogen-bond donors (Lipinski definition) is 2. The van der Waals surface area contributed by atoms with E-state index in [-0.39, 0.29) is 18.6 Å². The number of para-hydroxylation sites is 1. The van der Waals surface area contributed by atoms with Gasteiger partial charge in [0.15, 0.2) is 0 Å². The molecule has 1 unspecified atom stereocenters. The fourth-order valence-electron chi connectivity index (χ4n) is 2.86. The lowest BCUT2D eigenvalue weighted by molar-refractivity contribution is -0.114. The Morgan fingerprint density at radius 1 is 0.812 bits per heavy atom. The van der Waals surface area contributed by atoms with E-state index in [1.165, 1.54) is 0 Å². The number of nitrogens with one attached hydrogen (secondary N) is 2. The number of carbonyl (C=O) groups excluding carboxylic acids is 1. The zero-order valence-electron chi connectivity index (χ0n) is 18.5. The van der Waals surface area contributed by atoms with E-state index in [4.69, 9.17) is 14.2 Å². The van der Waals surface area contributed by atoms with Crippen molar-refractivity contribution >= 4 is 17.3 Å². The molecule has 6 heteroatoms. The Bertz CT molecular complexity index is 961. The minimum atomic E-state index is -0.135. The molecule has 3 aromatic rings. The molecule has 168 valence electrons. The van der Waals surface area contributed by atoms with Crippen molar-refractivity contribution < 1.29 is 19.0 Å². The van der Waals surface area contributed by atoms with Crippen LogP contribution in [0.1, 0.15) is 20.3 Å². The summed E-state index contributed by atoms with van der Waals surface area (Å²) in [5, 5.41) is 6.00. The highest BCUT2D eigenvalue weighted by atomic mass is 16.5. The fourth-order valence-corrected chi connectivity index (χ4v) is 2.86. The van der Waals surface area contributed by atoms with E-state index >= 15 is 0 Å². The second-order valence-electron chi connectivity index (χ2n) is 7.30. The molecular weight excluding hydrogens is 404 g/mol. The quantitative estimate of drug-likeness (QED) is 0.375. The summed E-state index contributed by atoms with van der Waals surface area (Å²) in [6.45, 7) is 5.16. The normalized spacial score (nSPS) is 11.3. The first-order chi connectivity index (χ1) is 15.6. The summed E-state index contributed by atoms with van der Waals surface area (Å²) < 4.78 is 17.1. The summed E-state index contributed by atoms with van der Waals surface area (Å²) in [6, 6.07) is 24.5. The number of carbonyl (C=O) groups is 1. The van der Waals surface area contributed by atoms with Crippen LogP contribution in [0.25, 0.3) is 0 Å². The van der Waals surface area contributed by atoms with Crippen LogP contribution < -0.4 is 24.8 Å². The minimum Gasteiger partial charge on any atom is -0.491 e. The number of amides is 1. The van der Waals surface area contributed by atoms with Crippen molar-refractivity contribution in [2.24, 2.45) is 0 Å². The van der Waals surface area contributed by atoms with Gasteiger partial charge in [0.05, 0.1) is 12.6 Å². The third-order valence-electron chi connectivity index (χ3n) is 4.70. The zero-order chi connectivity index (χ0) is 22.6. The molecule has 6 nitrogen and oxygen atoms in total. The Balaban J connectivity index is 1.38. The van der Waals surface area contributed by atoms with Crippen molar-refractivity contribution in [3.8, 4) is 17.2 Å². The number of anilines is 2. The van der Waals surface area contributed by atoms with Gasteiger partial charge in [-0.15, -0.1) is 0 Å². The van der Waals surface area contributed by atoms with Crippen LogP contribution in [0.4, 0.5) is 11.4 Å². The highest BCUT2D eigenvalue weighted by Crippen LogP contribution is 2.20. The summed E-state index contributed by atoms with van der Waals surface area (Å²) >= 11 is 0. The summed E-state index contributed by atoms with van der Waals surface area (Å²) in [6.07, 6.45) is 1.05. The van der Waals surface area contributed by atoms with Crippen LogP contribution in [-0.2, 0) is 4.79 Å². The second kappa shape index (κ2) is 12.2. The van der Waals surface area contributed by atoms with Crippen molar-refractivity contribution in [1.82, 2.24) is 0 Å². The zero-order valence-corrected chi connectivity index (χ0v) is 18.5. The first-order valence-corrected chi connectivity index (χ1v) is 10.8. The number of benzene rings is 3. The maximum absolute atomic E-state index is 12.3. The van der Waals surface area contributed by atoms with Crippen LogP contribution in [0, 0.1) is 0 Å². The average molecular weight is 435 g/mol. The lowest BCUT2D eigenvalue weighted by Gasteiger charge is -2.14. The van der Waals surface area contributed by atoms with E-state index in [1.807, 2.05) is 85.8 Å². The third kappa shape index (κ3) is 7.87. The van der Waals surface area contributed by atoms with Crippen LogP contribution >= 0.6 is 0 Å². The Labute approximate surface area is 189 Å². The topological polar surface area (TPSA) is 68.8 Å². The molecule has 0 radical (unpaired) electrons. The van der Waals surface area contributed by atoms with Gasteiger partial charge in [-0.25, -0.2) is 0 Å². The van der Waals surface area contributed by atoms with Crippen molar-refractivity contribution in [2.45, 2.75) is 26.4 Å². The molecule has 32 heavy (non-hydrogen) atoms. The molecule has 0 bridgehead atoms. The molecular formula is C26H30N2O4. The predicted molar refractivity (Wildman–Crippen MR) is 128 cm³/mol. The molecule has 0 saturated carbocycles. The average Bonchev–Trinajstić information content (AvgIpc) is 2.82. The molecule has 1 amide bonds. The molecule has 1 atom stereocenters. The van der Waals surface area contributed by atoms with Gasteiger partial charge >= 0.3 is 0 Å². The maximum Gasteiger partial charge on any atom is 0.243 e. The summed E-state index contributed by atoms with van der Waals surface area (Å²) in [5.41, 5.74) is 1.54. The van der Waals surface area contributed by atoms with Crippen LogP contribution in [0.5, 0.6) is 17.2 Å². The van der Waals surface area contributed by atoms with Gasteiger partial charge in [0, 0.05) is 17.4 Å². The van der Waals surface area contributed by atoms with Gasteiger partial charge in [-0.3, -0.25) is 4.79 Å². The van der Waals surface area contributed by atoms with Gasteiger partial charge in [0.25, 0.3) is 0 Å². The second-order valence-corrected chi connectivity index (χ2v) is 7.30. The predicted octanol–water partition coefficient (Wildman–Crippen LogP) is 5.37. The van der Waals surface area contributed by atoms with Gasteiger partial charge in [-0.05, 0) is 61.9 Å². The number of hydrogen-bond acceptors (Lipinski definition) is 5.